The Balaban J connectivity index is 1.88. The van der Waals surface area contributed by atoms with Gasteiger partial charge in [0.15, 0.2) is 0 Å². The van der Waals surface area contributed by atoms with Gasteiger partial charge in [-0.2, -0.15) is 0 Å². The minimum Gasteiger partial charge on any atom is -0.355 e. The number of hydrogen-bond acceptors (Lipinski definition) is 2. The maximum Gasteiger partial charge on any atom is 0.251 e. The molecule has 110 valence electrons. The van der Waals surface area contributed by atoms with Crippen molar-refractivity contribution in [2.75, 3.05) is 7.05 Å². The van der Waals surface area contributed by atoms with Crippen molar-refractivity contribution in [1.29, 1.82) is 0 Å². The van der Waals surface area contributed by atoms with Crippen LogP contribution in [0.3, 0.4) is 0 Å². The molecule has 0 aromatic heterocycles. The molecule has 0 bridgehead atoms. The summed E-state index contributed by atoms with van der Waals surface area (Å²) in [6.07, 6.45) is 0. The van der Waals surface area contributed by atoms with E-state index >= 15 is 0 Å². The Morgan fingerprint density at radius 2 is 1.71 bits per heavy atom. The lowest BCUT2D eigenvalue weighted by molar-refractivity contribution is 0.0963. The SMILES string of the molecule is CNC(=O)c1ccc(CNCc2ccc(Br)c(F)c2)cc1. The molecule has 2 aromatic carbocycles. The minimum absolute atomic E-state index is 0.0974. The molecule has 21 heavy (non-hydrogen) atoms. The van der Waals surface area contributed by atoms with Crippen LogP contribution in [0, 0.1) is 5.82 Å². The number of hydrogen-bond donors (Lipinski definition) is 2. The Hall–Kier alpha value is -1.72. The first-order valence-corrected chi connectivity index (χ1v) is 7.35. The van der Waals surface area contributed by atoms with E-state index in [-0.39, 0.29) is 11.7 Å². The van der Waals surface area contributed by atoms with Crippen LogP contribution < -0.4 is 10.6 Å². The van der Waals surface area contributed by atoms with Gasteiger partial charge in [0.25, 0.3) is 5.91 Å². The molecule has 0 aliphatic rings. The van der Waals surface area contributed by atoms with E-state index in [1.807, 2.05) is 18.2 Å². The van der Waals surface area contributed by atoms with E-state index in [1.165, 1.54) is 6.07 Å². The quantitative estimate of drug-likeness (QED) is 0.868. The van der Waals surface area contributed by atoms with E-state index in [1.54, 1.807) is 25.2 Å². The number of benzene rings is 2. The summed E-state index contributed by atoms with van der Waals surface area (Å²) in [7, 11) is 1.61. The molecule has 2 N–H and O–H groups in total. The molecule has 3 nitrogen and oxygen atoms in total. The first kappa shape index (κ1) is 15.7. The number of nitrogens with one attached hydrogen (secondary N) is 2. The highest BCUT2D eigenvalue weighted by atomic mass is 79.9. The van der Waals surface area contributed by atoms with Gasteiger partial charge in [0, 0.05) is 25.7 Å². The third-order valence-corrected chi connectivity index (χ3v) is 3.73. The molecule has 2 rings (SSSR count). The second-order valence-electron chi connectivity index (χ2n) is 4.63. The molecular formula is C16H16BrFN2O. The topological polar surface area (TPSA) is 41.1 Å². The van der Waals surface area contributed by atoms with Gasteiger partial charge >= 0.3 is 0 Å². The Kier molecular flexibility index (Phi) is 5.47. The summed E-state index contributed by atoms with van der Waals surface area (Å²) in [5.41, 5.74) is 2.59. The van der Waals surface area contributed by atoms with Gasteiger partial charge < -0.3 is 10.6 Å². The van der Waals surface area contributed by atoms with Crippen LogP contribution in [0.25, 0.3) is 0 Å². The van der Waals surface area contributed by atoms with Crippen LogP contribution in [0.4, 0.5) is 4.39 Å². The molecule has 2 aromatic rings. The van der Waals surface area contributed by atoms with Crippen molar-refractivity contribution in [1.82, 2.24) is 10.6 Å². The summed E-state index contributed by atoms with van der Waals surface area (Å²) >= 11 is 3.13. The zero-order valence-electron chi connectivity index (χ0n) is 11.6. The average molecular weight is 351 g/mol. The first-order valence-electron chi connectivity index (χ1n) is 6.56. The number of carbonyl (C=O) groups excluding carboxylic acids is 1. The Morgan fingerprint density at radius 3 is 2.33 bits per heavy atom. The highest BCUT2D eigenvalue weighted by Crippen LogP contribution is 2.16. The van der Waals surface area contributed by atoms with Gasteiger partial charge in [0.05, 0.1) is 4.47 Å². The highest BCUT2D eigenvalue weighted by Gasteiger charge is 2.03. The molecule has 5 heteroatoms. The molecule has 0 heterocycles. The van der Waals surface area contributed by atoms with Crippen LogP contribution in [0.2, 0.25) is 0 Å². The van der Waals surface area contributed by atoms with Crippen molar-refractivity contribution in [3.8, 4) is 0 Å². The van der Waals surface area contributed by atoms with Gasteiger partial charge in [0.2, 0.25) is 0 Å². The number of carbonyl (C=O) groups is 1. The summed E-state index contributed by atoms with van der Waals surface area (Å²) in [4.78, 5) is 11.4. The fourth-order valence-corrected chi connectivity index (χ4v) is 2.17. The third-order valence-electron chi connectivity index (χ3n) is 3.09. The van der Waals surface area contributed by atoms with Gasteiger partial charge in [-0.3, -0.25) is 4.79 Å². The lowest BCUT2D eigenvalue weighted by atomic mass is 10.1. The summed E-state index contributed by atoms with van der Waals surface area (Å²) < 4.78 is 13.8. The number of amides is 1. The van der Waals surface area contributed by atoms with Gasteiger partial charge in [-0.15, -0.1) is 0 Å². The molecule has 0 unspecified atom stereocenters. The van der Waals surface area contributed by atoms with Gasteiger partial charge in [-0.1, -0.05) is 18.2 Å². The van der Waals surface area contributed by atoms with Crippen molar-refractivity contribution in [3.63, 3.8) is 0 Å². The highest BCUT2D eigenvalue weighted by molar-refractivity contribution is 9.10. The summed E-state index contributed by atoms with van der Waals surface area (Å²) in [6, 6.07) is 12.5. The smallest absolute Gasteiger partial charge is 0.251 e. The lowest BCUT2D eigenvalue weighted by Gasteiger charge is -2.07. The molecule has 0 atom stereocenters. The first-order chi connectivity index (χ1) is 10.1. The summed E-state index contributed by atoms with van der Waals surface area (Å²) in [5.74, 6) is -0.357. The molecule has 0 radical (unpaired) electrons. The predicted molar refractivity (Wildman–Crippen MR) is 84.5 cm³/mol. The lowest BCUT2D eigenvalue weighted by Crippen LogP contribution is -2.18. The van der Waals surface area contributed by atoms with E-state index in [2.05, 4.69) is 26.6 Å². The normalized spacial score (nSPS) is 10.4. The fourth-order valence-electron chi connectivity index (χ4n) is 1.92. The zero-order chi connectivity index (χ0) is 15.2. The largest absolute Gasteiger partial charge is 0.355 e. The molecule has 0 aliphatic heterocycles. The number of halogens is 2. The van der Waals surface area contributed by atoms with Crippen LogP contribution in [0.15, 0.2) is 46.9 Å². The molecule has 0 spiro atoms. The van der Waals surface area contributed by atoms with Crippen molar-refractivity contribution in [3.05, 3.63) is 69.4 Å². The maximum absolute atomic E-state index is 13.4. The zero-order valence-corrected chi connectivity index (χ0v) is 13.2. The van der Waals surface area contributed by atoms with Crippen LogP contribution >= 0.6 is 15.9 Å². The van der Waals surface area contributed by atoms with Crippen molar-refractivity contribution >= 4 is 21.8 Å². The monoisotopic (exact) mass is 350 g/mol. The van der Waals surface area contributed by atoms with Crippen LogP contribution in [0.5, 0.6) is 0 Å². The van der Waals surface area contributed by atoms with Crippen LogP contribution in [-0.2, 0) is 13.1 Å². The van der Waals surface area contributed by atoms with E-state index in [4.69, 9.17) is 0 Å². The van der Waals surface area contributed by atoms with Gasteiger partial charge in [0.1, 0.15) is 5.82 Å². The van der Waals surface area contributed by atoms with Crippen molar-refractivity contribution < 1.29 is 9.18 Å². The predicted octanol–water partition coefficient (Wildman–Crippen LogP) is 3.24. The third kappa shape index (κ3) is 4.37. The van der Waals surface area contributed by atoms with E-state index in [0.29, 0.717) is 23.1 Å². The van der Waals surface area contributed by atoms with Crippen molar-refractivity contribution in [2.24, 2.45) is 0 Å². The summed E-state index contributed by atoms with van der Waals surface area (Å²) in [5, 5.41) is 5.83. The standard InChI is InChI=1S/C16H16BrFN2O/c1-19-16(21)13-5-2-11(3-6-13)9-20-10-12-4-7-14(17)15(18)8-12/h2-8,20H,9-10H2,1H3,(H,19,21). The van der Waals surface area contributed by atoms with E-state index in [9.17, 15) is 9.18 Å². The van der Waals surface area contributed by atoms with Crippen molar-refractivity contribution in [2.45, 2.75) is 13.1 Å². The fraction of sp³-hybridized carbons (Fsp3) is 0.188. The van der Waals surface area contributed by atoms with Gasteiger partial charge in [-0.25, -0.2) is 4.39 Å². The molecule has 0 aliphatic carbocycles. The molecule has 0 saturated carbocycles. The molecule has 0 saturated heterocycles. The minimum atomic E-state index is -0.260. The average Bonchev–Trinajstić information content (AvgIpc) is 2.51. The Bertz CT molecular complexity index is 629. The van der Waals surface area contributed by atoms with Crippen LogP contribution in [-0.4, -0.2) is 13.0 Å². The van der Waals surface area contributed by atoms with Gasteiger partial charge in [-0.05, 0) is 51.3 Å². The molecule has 0 fully saturated rings. The Labute approximate surface area is 131 Å². The van der Waals surface area contributed by atoms with E-state index < -0.39 is 0 Å². The molecular weight excluding hydrogens is 335 g/mol. The summed E-state index contributed by atoms with van der Waals surface area (Å²) in [6.45, 7) is 1.24. The second-order valence-corrected chi connectivity index (χ2v) is 5.48. The second kappa shape index (κ2) is 7.33. The van der Waals surface area contributed by atoms with Crippen LogP contribution in [0.1, 0.15) is 21.5 Å². The Morgan fingerprint density at radius 1 is 1.10 bits per heavy atom. The molecule has 1 amide bonds. The maximum atomic E-state index is 13.4. The number of rotatable bonds is 5. The van der Waals surface area contributed by atoms with E-state index in [0.717, 1.165) is 11.1 Å².